The first-order chi connectivity index (χ1) is 13.4. The normalized spacial score (nSPS) is 12.3. The highest BCUT2D eigenvalue weighted by atomic mass is 32.2. The van der Waals surface area contributed by atoms with Gasteiger partial charge in [0, 0.05) is 37.2 Å². The number of hydrogen-bond acceptors (Lipinski definition) is 3. The quantitative estimate of drug-likeness (QED) is 0.372. The van der Waals surface area contributed by atoms with Gasteiger partial charge in [0.1, 0.15) is 5.82 Å². The number of sulfonamides is 1. The summed E-state index contributed by atoms with van der Waals surface area (Å²) in [6.45, 7) is 1.09. The van der Waals surface area contributed by atoms with Gasteiger partial charge in [0.2, 0.25) is 10.0 Å². The Bertz CT molecular complexity index is 1090. The SMILES string of the molecule is CN=C(NCCc1c[nH]c2ccc(F)cc12)NCc1ccc(S(N)(=O)=O)cc1. The first kappa shape index (κ1) is 19.8. The smallest absolute Gasteiger partial charge is 0.238 e. The molecule has 0 unspecified atom stereocenters. The van der Waals surface area contributed by atoms with Crippen LogP contribution in [0, 0.1) is 5.82 Å². The summed E-state index contributed by atoms with van der Waals surface area (Å²) >= 11 is 0. The molecule has 1 heterocycles. The summed E-state index contributed by atoms with van der Waals surface area (Å²) < 4.78 is 36.0. The van der Waals surface area contributed by atoms with E-state index in [0.717, 1.165) is 22.0 Å². The van der Waals surface area contributed by atoms with Crippen LogP contribution in [0.15, 0.2) is 58.5 Å². The number of nitrogens with zero attached hydrogens (tertiary/aromatic N) is 1. The van der Waals surface area contributed by atoms with Gasteiger partial charge in [-0.25, -0.2) is 17.9 Å². The van der Waals surface area contributed by atoms with Crippen molar-refractivity contribution in [3.63, 3.8) is 0 Å². The molecule has 0 aliphatic heterocycles. The molecule has 0 bridgehead atoms. The number of nitrogens with one attached hydrogen (secondary N) is 3. The Kier molecular flexibility index (Phi) is 5.96. The lowest BCUT2D eigenvalue weighted by molar-refractivity contribution is 0.597. The minimum atomic E-state index is -3.69. The number of halogens is 1. The van der Waals surface area contributed by atoms with Crippen molar-refractivity contribution >= 4 is 26.9 Å². The second-order valence-corrected chi connectivity index (χ2v) is 7.86. The minimum Gasteiger partial charge on any atom is -0.361 e. The predicted molar refractivity (Wildman–Crippen MR) is 108 cm³/mol. The molecule has 2 aromatic carbocycles. The first-order valence-corrected chi connectivity index (χ1v) is 10.2. The molecule has 7 nitrogen and oxygen atoms in total. The lowest BCUT2D eigenvalue weighted by Gasteiger charge is -2.12. The molecule has 5 N–H and O–H groups in total. The van der Waals surface area contributed by atoms with Crippen molar-refractivity contribution in [1.29, 1.82) is 0 Å². The number of rotatable bonds is 6. The summed E-state index contributed by atoms with van der Waals surface area (Å²) in [6, 6.07) is 11.0. The molecule has 0 saturated heterocycles. The Labute approximate surface area is 162 Å². The number of aromatic nitrogens is 1. The van der Waals surface area contributed by atoms with Crippen molar-refractivity contribution in [2.24, 2.45) is 10.1 Å². The maximum absolute atomic E-state index is 13.5. The molecule has 3 rings (SSSR count). The van der Waals surface area contributed by atoms with Crippen LogP contribution in [-0.2, 0) is 23.0 Å². The maximum atomic E-state index is 13.5. The molecule has 0 aliphatic rings. The summed E-state index contributed by atoms with van der Waals surface area (Å²) in [5.41, 5.74) is 2.82. The number of fused-ring (bicyclic) bond motifs is 1. The van der Waals surface area contributed by atoms with E-state index in [1.165, 1.54) is 24.3 Å². The number of guanidine groups is 1. The van der Waals surface area contributed by atoms with E-state index < -0.39 is 10.0 Å². The van der Waals surface area contributed by atoms with Crippen LogP contribution in [0.2, 0.25) is 0 Å². The average molecular weight is 403 g/mol. The molecule has 0 amide bonds. The molecule has 9 heteroatoms. The van der Waals surface area contributed by atoms with Crippen LogP contribution in [0.3, 0.4) is 0 Å². The maximum Gasteiger partial charge on any atom is 0.238 e. The highest BCUT2D eigenvalue weighted by Crippen LogP contribution is 2.19. The van der Waals surface area contributed by atoms with E-state index in [-0.39, 0.29) is 10.7 Å². The Balaban J connectivity index is 1.53. The standard InChI is InChI=1S/C19H22FN5O2S/c1-22-19(25-11-13-2-5-16(6-3-13)28(21,26)27)23-9-8-14-12-24-18-7-4-15(20)10-17(14)18/h2-7,10,12,24H,8-9,11H2,1H3,(H2,21,26,27)(H2,22,23,25). The van der Waals surface area contributed by atoms with Crippen molar-refractivity contribution in [2.75, 3.05) is 13.6 Å². The Morgan fingerprint density at radius 1 is 1.18 bits per heavy atom. The molecule has 3 aromatic rings. The monoisotopic (exact) mass is 403 g/mol. The van der Waals surface area contributed by atoms with Crippen molar-refractivity contribution in [3.05, 3.63) is 65.6 Å². The fourth-order valence-corrected chi connectivity index (χ4v) is 3.39. The zero-order chi connectivity index (χ0) is 20.1. The second kappa shape index (κ2) is 8.41. The van der Waals surface area contributed by atoms with E-state index >= 15 is 0 Å². The lowest BCUT2D eigenvalue weighted by atomic mass is 10.1. The molecule has 0 aliphatic carbocycles. The van der Waals surface area contributed by atoms with Crippen molar-refractivity contribution < 1.29 is 12.8 Å². The summed E-state index contributed by atoms with van der Waals surface area (Å²) in [4.78, 5) is 7.38. The zero-order valence-electron chi connectivity index (χ0n) is 15.4. The molecular weight excluding hydrogens is 381 g/mol. The highest BCUT2D eigenvalue weighted by molar-refractivity contribution is 7.89. The van der Waals surface area contributed by atoms with E-state index in [0.29, 0.717) is 25.5 Å². The van der Waals surface area contributed by atoms with Gasteiger partial charge in [0.25, 0.3) is 0 Å². The van der Waals surface area contributed by atoms with E-state index in [4.69, 9.17) is 5.14 Å². The molecule has 148 valence electrons. The van der Waals surface area contributed by atoms with Crippen LogP contribution < -0.4 is 15.8 Å². The van der Waals surface area contributed by atoms with Crippen molar-refractivity contribution in [2.45, 2.75) is 17.9 Å². The number of benzene rings is 2. The largest absolute Gasteiger partial charge is 0.361 e. The van der Waals surface area contributed by atoms with Crippen LogP contribution >= 0.6 is 0 Å². The number of nitrogens with two attached hydrogens (primary N) is 1. The van der Waals surface area contributed by atoms with Crippen LogP contribution in [0.1, 0.15) is 11.1 Å². The minimum absolute atomic E-state index is 0.0777. The topological polar surface area (TPSA) is 112 Å². The molecule has 0 radical (unpaired) electrons. The second-order valence-electron chi connectivity index (χ2n) is 6.30. The average Bonchev–Trinajstić information content (AvgIpc) is 3.06. The first-order valence-electron chi connectivity index (χ1n) is 8.68. The van der Waals surface area contributed by atoms with Gasteiger partial charge >= 0.3 is 0 Å². The molecule has 1 aromatic heterocycles. The lowest BCUT2D eigenvalue weighted by Crippen LogP contribution is -2.37. The number of primary sulfonamides is 1. The number of aromatic amines is 1. The van der Waals surface area contributed by atoms with Gasteiger partial charge in [-0.1, -0.05) is 12.1 Å². The van der Waals surface area contributed by atoms with E-state index in [1.54, 1.807) is 25.2 Å². The van der Waals surface area contributed by atoms with E-state index in [1.807, 2.05) is 6.20 Å². The van der Waals surface area contributed by atoms with Gasteiger partial charge in [0.05, 0.1) is 4.90 Å². The zero-order valence-corrected chi connectivity index (χ0v) is 16.2. The number of hydrogen-bond donors (Lipinski definition) is 4. The fourth-order valence-electron chi connectivity index (χ4n) is 2.88. The third-order valence-electron chi connectivity index (χ3n) is 4.35. The number of aliphatic imine (C=N–C) groups is 1. The predicted octanol–water partition coefficient (Wildman–Crippen LogP) is 1.86. The van der Waals surface area contributed by atoms with Gasteiger partial charge < -0.3 is 15.6 Å². The van der Waals surface area contributed by atoms with Gasteiger partial charge in [-0.05, 0) is 47.9 Å². The summed E-state index contributed by atoms with van der Waals surface area (Å²) in [6.07, 6.45) is 2.59. The Morgan fingerprint density at radius 2 is 1.93 bits per heavy atom. The summed E-state index contributed by atoms with van der Waals surface area (Å²) in [5, 5.41) is 12.3. The van der Waals surface area contributed by atoms with E-state index in [2.05, 4.69) is 20.6 Å². The molecular formula is C19H22FN5O2S. The van der Waals surface area contributed by atoms with Gasteiger partial charge in [-0.3, -0.25) is 4.99 Å². The van der Waals surface area contributed by atoms with Crippen LogP contribution in [-0.4, -0.2) is 33.0 Å². The highest BCUT2D eigenvalue weighted by Gasteiger charge is 2.08. The van der Waals surface area contributed by atoms with Crippen LogP contribution in [0.5, 0.6) is 0 Å². The fraction of sp³-hybridized carbons (Fsp3) is 0.211. The summed E-state index contributed by atoms with van der Waals surface area (Å²) in [5.74, 6) is 0.355. The third kappa shape index (κ3) is 4.87. The number of H-pyrrole nitrogens is 1. The Morgan fingerprint density at radius 3 is 2.61 bits per heavy atom. The molecule has 28 heavy (non-hydrogen) atoms. The molecule has 0 saturated carbocycles. The van der Waals surface area contributed by atoms with Gasteiger partial charge in [-0.15, -0.1) is 0 Å². The summed E-state index contributed by atoms with van der Waals surface area (Å²) in [7, 11) is -2.02. The Hall–Kier alpha value is -2.91. The molecule has 0 fully saturated rings. The van der Waals surface area contributed by atoms with Crippen molar-refractivity contribution in [1.82, 2.24) is 15.6 Å². The van der Waals surface area contributed by atoms with Crippen LogP contribution in [0.25, 0.3) is 10.9 Å². The van der Waals surface area contributed by atoms with E-state index in [9.17, 15) is 12.8 Å². The van der Waals surface area contributed by atoms with Crippen molar-refractivity contribution in [3.8, 4) is 0 Å². The van der Waals surface area contributed by atoms with Gasteiger partial charge in [-0.2, -0.15) is 0 Å². The van der Waals surface area contributed by atoms with Crippen LogP contribution in [0.4, 0.5) is 4.39 Å². The van der Waals surface area contributed by atoms with Gasteiger partial charge in [0.15, 0.2) is 5.96 Å². The third-order valence-corrected chi connectivity index (χ3v) is 5.28. The molecule has 0 spiro atoms. The molecule has 0 atom stereocenters.